The van der Waals surface area contributed by atoms with E-state index in [-0.39, 0.29) is 27.3 Å². The second-order valence-electron chi connectivity index (χ2n) is 4.20. The minimum Gasteiger partial charge on any atom is -0.462 e. The number of nitrogens with zero attached hydrogens (tertiary/aromatic N) is 1. The first-order chi connectivity index (χ1) is 10.4. The number of benzene rings is 1. The number of hydrogen-bond acceptors (Lipinski definition) is 5. The highest BCUT2D eigenvalue weighted by molar-refractivity contribution is 7.17. The molecule has 0 fully saturated rings. The summed E-state index contributed by atoms with van der Waals surface area (Å²) in [5.74, 6) is -0.950. The molecule has 1 amide bonds. The van der Waals surface area contributed by atoms with Crippen LogP contribution in [0.5, 0.6) is 0 Å². The number of carbonyl (C=O) groups excluding carboxylic acids is 2. The molecule has 2 aromatic rings. The van der Waals surface area contributed by atoms with Gasteiger partial charge in [-0.1, -0.05) is 40.6 Å². The van der Waals surface area contributed by atoms with Crippen molar-refractivity contribution in [2.45, 2.75) is 13.8 Å². The first-order valence-corrected chi connectivity index (χ1v) is 7.91. The Kier molecular flexibility index (Phi) is 5.39. The molecule has 0 saturated carbocycles. The van der Waals surface area contributed by atoms with Crippen molar-refractivity contribution >= 4 is 51.5 Å². The molecule has 0 unspecified atom stereocenters. The van der Waals surface area contributed by atoms with Crippen molar-refractivity contribution in [2.24, 2.45) is 0 Å². The largest absolute Gasteiger partial charge is 0.462 e. The Labute approximate surface area is 141 Å². The molecule has 0 atom stereocenters. The van der Waals surface area contributed by atoms with Crippen molar-refractivity contribution in [3.63, 3.8) is 0 Å². The molecule has 8 heteroatoms. The van der Waals surface area contributed by atoms with Crippen LogP contribution in [0, 0.1) is 6.92 Å². The van der Waals surface area contributed by atoms with E-state index in [0.29, 0.717) is 10.6 Å². The van der Waals surface area contributed by atoms with E-state index in [0.717, 1.165) is 11.3 Å². The van der Waals surface area contributed by atoms with Crippen LogP contribution < -0.4 is 5.32 Å². The van der Waals surface area contributed by atoms with Crippen molar-refractivity contribution in [1.29, 1.82) is 0 Å². The molecule has 1 N–H and O–H groups in total. The maximum Gasteiger partial charge on any atom is 0.350 e. The molecule has 0 aliphatic rings. The highest BCUT2D eigenvalue weighted by atomic mass is 35.5. The van der Waals surface area contributed by atoms with Crippen molar-refractivity contribution in [3.8, 4) is 0 Å². The van der Waals surface area contributed by atoms with E-state index in [2.05, 4.69) is 10.3 Å². The topological polar surface area (TPSA) is 68.3 Å². The molecule has 22 heavy (non-hydrogen) atoms. The molecule has 0 aliphatic heterocycles. The normalized spacial score (nSPS) is 10.4. The smallest absolute Gasteiger partial charge is 0.350 e. The van der Waals surface area contributed by atoms with Gasteiger partial charge in [0.05, 0.1) is 27.9 Å². The molecule has 1 heterocycles. The van der Waals surface area contributed by atoms with Gasteiger partial charge in [-0.25, -0.2) is 9.78 Å². The molecule has 1 aromatic heterocycles. The zero-order valence-electron chi connectivity index (χ0n) is 11.8. The summed E-state index contributed by atoms with van der Waals surface area (Å²) in [6.45, 7) is 3.66. The maximum atomic E-state index is 12.2. The van der Waals surface area contributed by atoms with E-state index in [9.17, 15) is 9.59 Å². The zero-order valence-corrected chi connectivity index (χ0v) is 14.1. The Balaban J connectivity index is 2.23. The van der Waals surface area contributed by atoms with Crippen LogP contribution in [-0.4, -0.2) is 23.5 Å². The number of thiazole rings is 1. The van der Waals surface area contributed by atoms with E-state index < -0.39 is 11.9 Å². The number of halogens is 2. The number of nitrogens with one attached hydrogen (secondary N) is 1. The van der Waals surface area contributed by atoms with Crippen LogP contribution in [0.15, 0.2) is 18.2 Å². The second kappa shape index (κ2) is 7.09. The highest BCUT2D eigenvalue weighted by Crippen LogP contribution is 2.27. The van der Waals surface area contributed by atoms with Crippen molar-refractivity contribution in [1.82, 2.24) is 4.98 Å². The third-order valence-corrected chi connectivity index (χ3v) is 4.35. The van der Waals surface area contributed by atoms with Gasteiger partial charge in [-0.3, -0.25) is 10.1 Å². The molecule has 0 saturated heterocycles. The van der Waals surface area contributed by atoms with Gasteiger partial charge in [0, 0.05) is 0 Å². The number of carbonyl (C=O) groups is 2. The second-order valence-corrected chi connectivity index (χ2v) is 6.02. The van der Waals surface area contributed by atoms with Gasteiger partial charge in [-0.15, -0.1) is 0 Å². The summed E-state index contributed by atoms with van der Waals surface area (Å²) < 4.78 is 4.93. The van der Waals surface area contributed by atoms with Crippen LogP contribution in [0.4, 0.5) is 5.13 Å². The van der Waals surface area contributed by atoms with E-state index in [1.54, 1.807) is 32.0 Å². The summed E-state index contributed by atoms with van der Waals surface area (Å²) in [6, 6.07) is 4.78. The lowest BCUT2D eigenvalue weighted by atomic mass is 10.2. The van der Waals surface area contributed by atoms with Crippen LogP contribution in [0.1, 0.15) is 32.6 Å². The number of ether oxygens (including phenoxy) is 1. The monoisotopic (exact) mass is 358 g/mol. The molecule has 0 aliphatic carbocycles. The van der Waals surface area contributed by atoms with Gasteiger partial charge < -0.3 is 4.74 Å². The molecule has 0 bridgehead atoms. The lowest BCUT2D eigenvalue weighted by Gasteiger charge is -2.05. The number of amides is 1. The first-order valence-electron chi connectivity index (χ1n) is 6.34. The Morgan fingerprint density at radius 3 is 2.55 bits per heavy atom. The Bertz CT molecular complexity index is 711. The molecule has 2 rings (SSSR count). The molecule has 0 spiro atoms. The first kappa shape index (κ1) is 16.7. The van der Waals surface area contributed by atoms with E-state index in [1.807, 2.05) is 0 Å². The van der Waals surface area contributed by atoms with E-state index in [4.69, 9.17) is 27.9 Å². The number of hydrogen-bond donors (Lipinski definition) is 1. The molecular weight excluding hydrogens is 347 g/mol. The van der Waals surface area contributed by atoms with Crippen LogP contribution in [0.25, 0.3) is 0 Å². The van der Waals surface area contributed by atoms with Crippen LogP contribution in [0.2, 0.25) is 10.0 Å². The Morgan fingerprint density at radius 1 is 1.32 bits per heavy atom. The fourth-order valence-electron chi connectivity index (χ4n) is 1.71. The van der Waals surface area contributed by atoms with Crippen molar-refractivity contribution in [2.75, 3.05) is 11.9 Å². The third kappa shape index (κ3) is 3.58. The van der Waals surface area contributed by atoms with Gasteiger partial charge in [0.25, 0.3) is 5.91 Å². The lowest BCUT2D eigenvalue weighted by molar-refractivity contribution is 0.0531. The van der Waals surface area contributed by atoms with E-state index in [1.165, 1.54) is 0 Å². The van der Waals surface area contributed by atoms with Crippen molar-refractivity contribution in [3.05, 3.63) is 44.4 Å². The molecule has 0 radical (unpaired) electrons. The highest BCUT2D eigenvalue weighted by Gasteiger charge is 2.20. The summed E-state index contributed by atoms with van der Waals surface area (Å²) >= 11 is 13.0. The minimum absolute atomic E-state index is 0.163. The predicted molar refractivity (Wildman–Crippen MR) is 87.2 cm³/mol. The zero-order chi connectivity index (χ0) is 16.3. The van der Waals surface area contributed by atoms with Gasteiger partial charge in [-0.05, 0) is 26.0 Å². The molecule has 1 aromatic carbocycles. The number of aromatic nitrogens is 1. The number of anilines is 1. The summed E-state index contributed by atoms with van der Waals surface area (Å²) in [7, 11) is 0. The molecule has 116 valence electrons. The SMILES string of the molecule is CCOC(=O)c1sc(NC(=O)c2c(Cl)cccc2Cl)nc1C. The number of esters is 1. The fourth-order valence-corrected chi connectivity index (χ4v) is 3.13. The van der Waals surface area contributed by atoms with E-state index >= 15 is 0 Å². The average molecular weight is 359 g/mol. The predicted octanol–water partition coefficient (Wildman–Crippen LogP) is 4.19. The third-order valence-electron chi connectivity index (χ3n) is 2.67. The standard InChI is InChI=1S/C14H12Cl2N2O3S/c1-3-21-13(20)11-7(2)17-14(22-11)18-12(19)10-8(15)5-4-6-9(10)16/h4-6H,3H2,1-2H3,(H,17,18,19). The summed E-state index contributed by atoms with van der Waals surface area (Å²) in [5.41, 5.74) is 0.653. The lowest BCUT2D eigenvalue weighted by Crippen LogP contribution is -2.12. The summed E-state index contributed by atoms with van der Waals surface area (Å²) in [5, 5.41) is 3.35. The van der Waals surface area contributed by atoms with Crippen LogP contribution >= 0.6 is 34.5 Å². The number of rotatable bonds is 4. The minimum atomic E-state index is -0.486. The molecule has 5 nitrogen and oxygen atoms in total. The Hall–Kier alpha value is -1.63. The van der Waals surface area contributed by atoms with Gasteiger partial charge in [0.1, 0.15) is 4.88 Å². The van der Waals surface area contributed by atoms with Gasteiger partial charge in [0.2, 0.25) is 0 Å². The van der Waals surface area contributed by atoms with Crippen molar-refractivity contribution < 1.29 is 14.3 Å². The van der Waals surface area contributed by atoms with Crippen LogP contribution in [-0.2, 0) is 4.74 Å². The number of aryl methyl sites for hydroxylation is 1. The van der Waals surface area contributed by atoms with Crippen LogP contribution in [0.3, 0.4) is 0 Å². The van der Waals surface area contributed by atoms with Gasteiger partial charge in [0.15, 0.2) is 5.13 Å². The maximum absolute atomic E-state index is 12.2. The average Bonchev–Trinajstić information content (AvgIpc) is 2.79. The quantitative estimate of drug-likeness (QED) is 0.832. The van der Waals surface area contributed by atoms with Gasteiger partial charge >= 0.3 is 5.97 Å². The fraction of sp³-hybridized carbons (Fsp3) is 0.214. The Morgan fingerprint density at radius 2 is 1.95 bits per heavy atom. The van der Waals surface area contributed by atoms with Gasteiger partial charge in [-0.2, -0.15) is 0 Å². The molecular formula is C14H12Cl2N2O3S. The summed E-state index contributed by atoms with van der Waals surface area (Å²) in [6.07, 6.45) is 0. The summed E-state index contributed by atoms with van der Waals surface area (Å²) in [4.78, 5) is 28.5.